The van der Waals surface area contributed by atoms with Gasteiger partial charge in [0.15, 0.2) is 0 Å². The zero-order valence-electron chi connectivity index (χ0n) is 12.7. The second-order valence-electron chi connectivity index (χ2n) is 4.68. The number of ether oxygens (including phenoxy) is 4. The second kappa shape index (κ2) is 10.7. The molecule has 0 amide bonds. The van der Waals surface area contributed by atoms with Crippen LogP contribution in [0.2, 0.25) is 0 Å². The maximum atomic E-state index is 12.3. The van der Waals surface area contributed by atoms with Crippen LogP contribution in [-0.4, -0.2) is 81.9 Å². The first-order valence-electron chi connectivity index (χ1n) is 6.50. The van der Waals surface area contributed by atoms with Gasteiger partial charge in [-0.05, 0) is 6.66 Å². The summed E-state index contributed by atoms with van der Waals surface area (Å²) in [5, 5.41) is 19.1. The lowest BCUT2D eigenvalue weighted by atomic mass is 10.4. The van der Waals surface area contributed by atoms with Crippen molar-refractivity contribution in [3.8, 4) is 0 Å². The van der Waals surface area contributed by atoms with Crippen LogP contribution in [0, 0.1) is 0 Å². The van der Waals surface area contributed by atoms with Crippen LogP contribution in [0.3, 0.4) is 0 Å². The van der Waals surface area contributed by atoms with Crippen molar-refractivity contribution in [1.29, 1.82) is 0 Å². The third-order valence-corrected chi connectivity index (χ3v) is 5.10. The van der Waals surface area contributed by atoms with E-state index in [0.29, 0.717) is 6.16 Å². The molecule has 0 aliphatic carbocycles. The second-order valence-corrected chi connectivity index (χ2v) is 8.08. The van der Waals surface area contributed by atoms with Gasteiger partial charge in [-0.2, -0.15) is 0 Å². The maximum absolute atomic E-state index is 12.3. The van der Waals surface area contributed by atoms with Gasteiger partial charge >= 0.3 is 0 Å². The highest BCUT2D eigenvalue weighted by molar-refractivity contribution is 7.63. The normalized spacial score (nSPS) is 19.3. The SMILES string of the molecule is CCP(C)(=O)C(OCC(O)COC)OCC(O)COC. The molecule has 0 fully saturated rings. The molecule has 20 heavy (non-hydrogen) atoms. The molecule has 2 N–H and O–H groups in total. The standard InChI is InChI=1S/C12H27O7P/c1-5-20(4,15)12(18-8-10(13)6-16-2)19-9-11(14)7-17-3/h10-14H,5-9H2,1-4H3. The Morgan fingerprint density at radius 3 is 1.65 bits per heavy atom. The van der Waals surface area contributed by atoms with Crippen molar-refractivity contribution in [2.75, 3.05) is 53.5 Å². The van der Waals surface area contributed by atoms with Gasteiger partial charge in [-0.1, -0.05) is 6.92 Å². The lowest BCUT2D eigenvalue weighted by molar-refractivity contribution is -0.135. The van der Waals surface area contributed by atoms with Crippen molar-refractivity contribution in [2.24, 2.45) is 0 Å². The summed E-state index contributed by atoms with van der Waals surface area (Å²) in [5.41, 5.74) is 0. The molecule has 3 unspecified atom stereocenters. The first-order chi connectivity index (χ1) is 9.37. The van der Waals surface area contributed by atoms with E-state index >= 15 is 0 Å². The zero-order chi connectivity index (χ0) is 15.6. The molecule has 7 nitrogen and oxygen atoms in total. The Kier molecular flexibility index (Phi) is 10.7. The van der Waals surface area contributed by atoms with Crippen molar-refractivity contribution >= 4 is 7.14 Å². The van der Waals surface area contributed by atoms with Crippen molar-refractivity contribution in [3.05, 3.63) is 0 Å². The minimum atomic E-state index is -2.68. The molecule has 8 heteroatoms. The molecule has 0 spiro atoms. The number of rotatable bonds is 12. The first-order valence-corrected chi connectivity index (χ1v) is 8.91. The topological polar surface area (TPSA) is 94.5 Å². The number of hydrogen-bond acceptors (Lipinski definition) is 7. The van der Waals surface area contributed by atoms with Crippen molar-refractivity contribution in [2.45, 2.75) is 25.2 Å². The molecule has 0 rings (SSSR count). The van der Waals surface area contributed by atoms with E-state index in [1.54, 1.807) is 13.6 Å². The molecule has 0 aliphatic heterocycles. The fourth-order valence-electron chi connectivity index (χ4n) is 1.38. The van der Waals surface area contributed by atoms with Crippen LogP contribution in [-0.2, 0) is 23.5 Å². The summed E-state index contributed by atoms with van der Waals surface area (Å²) in [5.74, 6) is 0. The molecule has 122 valence electrons. The van der Waals surface area contributed by atoms with Crippen LogP contribution in [0.15, 0.2) is 0 Å². The zero-order valence-corrected chi connectivity index (χ0v) is 13.5. The fourth-order valence-corrected chi connectivity index (χ4v) is 2.48. The summed E-state index contributed by atoms with van der Waals surface area (Å²) in [7, 11) is 0.252. The highest BCUT2D eigenvalue weighted by Gasteiger charge is 2.29. The number of methoxy groups -OCH3 is 2. The number of hydrogen-bond donors (Lipinski definition) is 2. The Morgan fingerprint density at radius 2 is 1.35 bits per heavy atom. The summed E-state index contributed by atoms with van der Waals surface area (Å²) < 4.78 is 32.7. The lowest BCUT2D eigenvalue weighted by Crippen LogP contribution is -2.30. The van der Waals surface area contributed by atoms with E-state index in [1.807, 2.05) is 0 Å². The van der Waals surface area contributed by atoms with Gasteiger partial charge in [-0.3, -0.25) is 0 Å². The van der Waals surface area contributed by atoms with Gasteiger partial charge < -0.3 is 33.7 Å². The fraction of sp³-hybridized carbons (Fsp3) is 1.00. The molecule has 0 saturated carbocycles. The van der Waals surface area contributed by atoms with Gasteiger partial charge in [0.1, 0.15) is 19.3 Å². The van der Waals surface area contributed by atoms with Crippen LogP contribution < -0.4 is 0 Å². The largest absolute Gasteiger partial charge is 0.388 e. The average Bonchev–Trinajstić information content (AvgIpc) is 2.39. The molecule has 0 heterocycles. The molecular formula is C12H27O7P. The van der Waals surface area contributed by atoms with Gasteiger partial charge in [0.05, 0.1) is 26.4 Å². The molecule has 3 atom stereocenters. The van der Waals surface area contributed by atoms with Gasteiger partial charge in [0.25, 0.3) is 0 Å². The quantitative estimate of drug-likeness (QED) is 0.396. The number of aliphatic hydroxyl groups is 2. The molecule has 0 aromatic carbocycles. The van der Waals surface area contributed by atoms with E-state index in [0.717, 1.165) is 0 Å². The predicted octanol–water partition coefficient (Wildman–Crippen LogP) is 0.331. The van der Waals surface area contributed by atoms with Crippen LogP contribution in [0.25, 0.3) is 0 Å². The lowest BCUT2D eigenvalue weighted by Gasteiger charge is -2.26. The summed E-state index contributed by atoms with van der Waals surface area (Å²) in [6, 6.07) is -0.953. The van der Waals surface area contributed by atoms with E-state index in [-0.39, 0.29) is 26.4 Å². The predicted molar refractivity (Wildman–Crippen MR) is 75.5 cm³/mol. The third-order valence-electron chi connectivity index (χ3n) is 2.65. The maximum Gasteiger partial charge on any atom is 0.211 e. The molecule has 0 aliphatic rings. The smallest absolute Gasteiger partial charge is 0.211 e. The van der Waals surface area contributed by atoms with Gasteiger partial charge in [0.2, 0.25) is 6.03 Å². The van der Waals surface area contributed by atoms with Crippen LogP contribution in [0.4, 0.5) is 0 Å². The van der Waals surface area contributed by atoms with E-state index in [2.05, 4.69) is 0 Å². The monoisotopic (exact) mass is 314 g/mol. The minimum absolute atomic E-state index is 0.0449. The van der Waals surface area contributed by atoms with E-state index in [9.17, 15) is 14.8 Å². The highest BCUT2D eigenvalue weighted by Crippen LogP contribution is 2.47. The number of aliphatic hydroxyl groups excluding tert-OH is 2. The molecule has 0 bridgehead atoms. The highest BCUT2D eigenvalue weighted by atomic mass is 31.2. The van der Waals surface area contributed by atoms with E-state index < -0.39 is 25.4 Å². The van der Waals surface area contributed by atoms with Crippen molar-refractivity contribution in [3.63, 3.8) is 0 Å². The van der Waals surface area contributed by atoms with E-state index in [1.165, 1.54) is 14.2 Å². The third kappa shape index (κ3) is 8.32. The van der Waals surface area contributed by atoms with Crippen molar-refractivity contribution < 1.29 is 33.7 Å². The van der Waals surface area contributed by atoms with Gasteiger partial charge in [0, 0.05) is 20.4 Å². The Bertz CT molecular complexity index is 271. The van der Waals surface area contributed by atoms with Crippen molar-refractivity contribution in [1.82, 2.24) is 0 Å². The van der Waals surface area contributed by atoms with Crippen LogP contribution >= 0.6 is 7.14 Å². The molecule has 0 radical (unpaired) electrons. The molecule has 0 saturated heterocycles. The Hall–Kier alpha value is -0.0100. The minimum Gasteiger partial charge on any atom is -0.388 e. The van der Waals surface area contributed by atoms with Gasteiger partial charge in [-0.25, -0.2) is 0 Å². The Balaban J connectivity index is 4.39. The average molecular weight is 314 g/mol. The van der Waals surface area contributed by atoms with Crippen LogP contribution in [0.1, 0.15) is 6.92 Å². The molecule has 0 aromatic rings. The molecular weight excluding hydrogens is 287 g/mol. The van der Waals surface area contributed by atoms with Gasteiger partial charge in [-0.15, -0.1) is 0 Å². The summed E-state index contributed by atoms with van der Waals surface area (Å²) >= 11 is 0. The summed E-state index contributed by atoms with van der Waals surface area (Å²) in [6.45, 7) is 3.51. The Morgan fingerprint density at radius 1 is 0.950 bits per heavy atom. The molecule has 0 aromatic heterocycles. The van der Waals surface area contributed by atoms with Crippen LogP contribution in [0.5, 0.6) is 0 Å². The summed E-state index contributed by atoms with van der Waals surface area (Å²) in [4.78, 5) is 0. The Labute approximate surface area is 120 Å². The first kappa shape index (κ1) is 20.0. The van der Waals surface area contributed by atoms with E-state index in [4.69, 9.17) is 18.9 Å². The summed E-state index contributed by atoms with van der Waals surface area (Å²) in [6.07, 6.45) is -1.22.